The zero-order valence-electron chi connectivity index (χ0n) is 16.7. The van der Waals surface area contributed by atoms with Gasteiger partial charge in [0.2, 0.25) is 11.9 Å². The van der Waals surface area contributed by atoms with E-state index in [0.29, 0.717) is 12.4 Å². The molecule has 1 amide bonds. The molecule has 0 unspecified atom stereocenters. The molecular formula is C21H25N7OS. The standard InChI is InChI=1S/C21H25N7OS/c29-19(5-2-11-28-12-8-22-9-13-28)25-16-3-1-4-17(15-16)26-21-24-7-6-18(27-21)20-23-10-14-30-20/h1,3-4,6-7,10,14-15,22H,2,5,8-9,11-13H2,(H,25,29)(H,24,26,27). The summed E-state index contributed by atoms with van der Waals surface area (Å²) in [4.78, 5) is 27.8. The first kappa shape index (κ1) is 20.4. The highest BCUT2D eigenvalue weighted by molar-refractivity contribution is 7.13. The molecule has 3 heterocycles. The molecule has 0 bridgehead atoms. The van der Waals surface area contributed by atoms with Crippen molar-refractivity contribution in [2.75, 3.05) is 43.4 Å². The molecule has 30 heavy (non-hydrogen) atoms. The second-order valence-electron chi connectivity index (χ2n) is 7.05. The van der Waals surface area contributed by atoms with Gasteiger partial charge in [0.15, 0.2) is 0 Å². The van der Waals surface area contributed by atoms with Gasteiger partial charge in [-0.3, -0.25) is 4.79 Å². The lowest BCUT2D eigenvalue weighted by atomic mass is 10.2. The van der Waals surface area contributed by atoms with Gasteiger partial charge >= 0.3 is 0 Å². The summed E-state index contributed by atoms with van der Waals surface area (Å²) in [7, 11) is 0. The third-order valence-corrected chi connectivity index (χ3v) is 5.59. The molecule has 3 N–H and O–H groups in total. The fraction of sp³-hybridized carbons (Fsp3) is 0.333. The minimum atomic E-state index is 0.0318. The first-order valence-electron chi connectivity index (χ1n) is 10.1. The van der Waals surface area contributed by atoms with Gasteiger partial charge in [-0.15, -0.1) is 11.3 Å². The number of nitrogens with one attached hydrogen (secondary N) is 3. The summed E-state index contributed by atoms with van der Waals surface area (Å²) < 4.78 is 0. The molecule has 2 aromatic heterocycles. The Labute approximate surface area is 179 Å². The molecule has 1 fully saturated rings. The van der Waals surface area contributed by atoms with E-state index < -0.39 is 0 Å². The van der Waals surface area contributed by atoms with E-state index in [1.54, 1.807) is 12.4 Å². The molecule has 0 atom stereocenters. The molecule has 156 valence electrons. The average molecular weight is 424 g/mol. The van der Waals surface area contributed by atoms with Gasteiger partial charge in [0.05, 0.1) is 0 Å². The lowest BCUT2D eigenvalue weighted by Crippen LogP contribution is -2.43. The van der Waals surface area contributed by atoms with Gasteiger partial charge in [0.1, 0.15) is 10.7 Å². The third kappa shape index (κ3) is 5.82. The molecule has 4 rings (SSSR count). The Kier molecular flexibility index (Phi) is 6.96. The van der Waals surface area contributed by atoms with Crippen LogP contribution in [0.4, 0.5) is 17.3 Å². The van der Waals surface area contributed by atoms with E-state index in [0.717, 1.165) is 61.2 Å². The quantitative estimate of drug-likeness (QED) is 0.513. The number of carbonyl (C=O) groups excluding carboxylic acids is 1. The predicted octanol–water partition coefficient (Wildman–Crippen LogP) is 2.97. The number of rotatable bonds is 8. The van der Waals surface area contributed by atoms with Crippen molar-refractivity contribution in [2.24, 2.45) is 0 Å². The summed E-state index contributed by atoms with van der Waals surface area (Å²) >= 11 is 1.53. The topological polar surface area (TPSA) is 95.1 Å². The molecule has 1 saturated heterocycles. The molecule has 0 spiro atoms. The maximum atomic E-state index is 12.3. The molecule has 0 aliphatic carbocycles. The van der Waals surface area contributed by atoms with Crippen molar-refractivity contribution in [3.05, 3.63) is 48.1 Å². The van der Waals surface area contributed by atoms with E-state index in [-0.39, 0.29) is 5.91 Å². The highest BCUT2D eigenvalue weighted by atomic mass is 32.1. The largest absolute Gasteiger partial charge is 0.326 e. The molecule has 1 aliphatic rings. The van der Waals surface area contributed by atoms with E-state index >= 15 is 0 Å². The van der Waals surface area contributed by atoms with Crippen LogP contribution in [0, 0.1) is 0 Å². The number of benzene rings is 1. The molecule has 8 nitrogen and oxygen atoms in total. The van der Waals surface area contributed by atoms with Crippen LogP contribution < -0.4 is 16.0 Å². The number of aromatic nitrogens is 3. The van der Waals surface area contributed by atoms with Crippen molar-refractivity contribution in [3.63, 3.8) is 0 Å². The van der Waals surface area contributed by atoms with Crippen LogP contribution in [0.15, 0.2) is 48.1 Å². The van der Waals surface area contributed by atoms with Gasteiger partial charge in [-0.05, 0) is 37.2 Å². The zero-order chi connectivity index (χ0) is 20.6. The number of hydrogen-bond acceptors (Lipinski definition) is 8. The summed E-state index contributed by atoms with van der Waals surface area (Å²) in [5.74, 6) is 0.520. The lowest BCUT2D eigenvalue weighted by molar-refractivity contribution is -0.116. The number of piperazine rings is 1. The molecule has 1 aliphatic heterocycles. The number of nitrogens with zero attached hydrogens (tertiary/aromatic N) is 4. The number of carbonyl (C=O) groups is 1. The number of thiazole rings is 1. The summed E-state index contributed by atoms with van der Waals surface area (Å²) in [6.45, 7) is 5.14. The smallest absolute Gasteiger partial charge is 0.227 e. The Balaban J connectivity index is 1.30. The van der Waals surface area contributed by atoms with Crippen molar-refractivity contribution < 1.29 is 4.79 Å². The van der Waals surface area contributed by atoms with Crippen LogP contribution in [0.25, 0.3) is 10.7 Å². The van der Waals surface area contributed by atoms with E-state index in [9.17, 15) is 4.79 Å². The minimum absolute atomic E-state index is 0.0318. The van der Waals surface area contributed by atoms with Crippen LogP contribution in [0.2, 0.25) is 0 Å². The van der Waals surface area contributed by atoms with Gasteiger partial charge in [-0.25, -0.2) is 15.0 Å². The molecule has 0 radical (unpaired) electrons. The normalized spacial score (nSPS) is 14.4. The molecule has 3 aromatic rings. The lowest BCUT2D eigenvalue weighted by Gasteiger charge is -2.26. The van der Waals surface area contributed by atoms with E-state index in [1.165, 1.54) is 11.3 Å². The van der Waals surface area contributed by atoms with Crippen LogP contribution >= 0.6 is 11.3 Å². The maximum Gasteiger partial charge on any atom is 0.227 e. The Morgan fingerprint density at radius 3 is 2.83 bits per heavy atom. The van der Waals surface area contributed by atoms with Crippen molar-refractivity contribution in [3.8, 4) is 10.7 Å². The zero-order valence-corrected chi connectivity index (χ0v) is 17.5. The van der Waals surface area contributed by atoms with Gasteiger partial charge in [-0.2, -0.15) is 0 Å². The van der Waals surface area contributed by atoms with Crippen LogP contribution in [0.3, 0.4) is 0 Å². The SMILES string of the molecule is O=C(CCCN1CCNCC1)Nc1cccc(Nc2nccc(-c3nccs3)n2)c1. The van der Waals surface area contributed by atoms with E-state index in [1.807, 2.05) is 35.7 Å². The fourth-order valence-corrected chi connectivity index (χ4v) is 3.92. The highest BCUT2D eigenvalue weighted by Crippen LogP contribution is 2.22. The Morgan fingerprint density at radius 2 is 2.00 bits per heavy atom. The van der Waals surface area contributed by atoms with Gasteiger partial charge in [0, 0.05) is 61.7 Å². The Morgan fingerprint density at radius 1 is 1.13 bits per heavy atom. The van der Waals surface area contributed by atoms with E-state index in [2.05, 4.69) is 35.8 Å². The fourth-order valence-electron chi connectivity index (χ4n) is 3.31. The monoisotopic (exact) mass is 423 g/mol. The predicted molar refractivity (Wildman–Crippen MR) is 120 cm³/mol. The van der Waals surface area contributed by atoms with Crippen molar-refractivity contribution in [1.82, 2.24) is 25.2 Å². The molecule has 0 saturated carbocycles. The van der Waals surface area contributed by atoms with Crippen LogP contribution in [0.5, 0.6) is 0 Å². The third-order valence-electron chi connectivity index (χ3n) is 4.80. The van der Waals surface area contributed by atoms with Crippen molar-refractivity contribution in [2.45, 2.75) is 12.8 Å². The van der Waals surface area contributed by atoms with Crippen molar-refractivity contribution >= 4 is 34.6 Å². The summed E-state index contributed by atoms with van der Waals surface area (Å²) in [6, 6.07) is 9.41. The second kappa shape index (κ2) is 10.2. The second-order valence-corrected chi connectivity index (χ2v) is 7.95. The Bertz CT molecular complexity index is 958. The van der Waals surface area contributed by atoms with E-state index in [4.69, 9.17) is 0 Å². The van der Waals surface area contributed by atoms with Crippen LogP contribution in [0.1, 0.15) is 12.8 Å². The highest BCUT2D eigenvalue weighted by Gasteiger charge is 2.10. The van der Waals surface area contributed by atoms with Crippen molar-refractivity contribution in [1.29, 1.82) is 0 Å². The summed E-state index contributed by atoms with van der Waals surface area (Å²) in [5, 5.41) is 12.3. The number of anilines is 3. The summed E-state index contributed by atoms with van der Waals surface area (Å²) in [5.41, 5.74) is 2.34. The van der Waals surface area contributed by atoms with Crippen LogP contribution in [-0.4, -0.2) is 58.5 Å². The molecular weight excluding hydrogens is 398 g/mol. The average Bonchev–Trinajstić information content (AvgIpc) is 3.30. The first-order chi connectivity index (χ1) is 14.8. The first-order valence-corrected chi connectivity index (χ1v) is 11.0. The number of amides is 1. The van der Waals surface area contributed by atoms with Gasteiger partial charge < -0.3 is 20.9 Å². The Hall–Kier alpha value is -2.88. The summed E-state index contributed by atoms with van der Waals surface area (Å²) in [6.07, 6.45) is 4.84. The molecule has 1 aromatic carbocycles. The minimum Gasteiger partial charge on any atom is -0.326 e. The van der Waals surface area contributed by atoms with Crippen LogP contribution in [-0.2, 0) is 4.79 Å². The number of hydrogen-bond donors (Lipinski definition) is 3. The molecule has 9 heteroatoms. The van der Waals surface area contributed by atoms with Gasteiger partial charge in [0.25, 0.3) is 0 Å². The maximum absolute atomic E-state index is 12.3. The van der Waals surface area contributed by atoms with Gasteiger partial charge in [-0.1, -0.05) is 6.07 Å².